The van der Waals surface area contributed by atoms with Crippen molar-refractivity contribution < 1.29 is 28.6 Å². The molecule has 0 aromatic heterocycles. The Morgan fingerprint density at radius 1 is 0.375 bits per heavy atom. The fourth-order valence-corrected chi connectivity index (χ4v) is 6.25. The van der Waals surface area contributed by atoms with Crippen LogP contribution in [0.2, 0.25) is 0 Å². The molecule has 0 fully saturated rings. The average molecular weight is 783 g/mol. The van der Waals surface area contributed by atoms with Crippen LogP contribution in [0.15, 0.2) is 60.8 Å². The predicted octanol–water partition coefficient (Wildman–Crippen LogP) is 14.9. The maximum atomic E-state index is 12.7. The van der Waals surface area contributed by atoms with Crippen molar-refractivity contribution in [3.63, 3.8) is 0 Å². The zero-order valence-electron chi connectivity index (χ0n) is 36.6. The summed E-state index contributed by atoms with van der Waals surface area (Å²) < 4.78 is 16.6. The third-order valence-corrected chi connectivity index (χ3v) is 9.76. The third kappa shape index (κ3) is 42.3. The molecule has 0 aromatic rings. The van der Waals surface area contributed by atoms with Gasteiger partial charge in [-0.1, -0.05) is 178 Å². The van der Waals surface area contributed by atoms with Crippen LogP contribution in [0.1, 0.15) is 220 Å². The highest BCUT2D eigenvalue weighted by Gasteiger charge is 2.19. The van der Waals surface area contributed by atoms with E-state index < -0.39 is 6.10 Å². The molecule has 0 heterocycles. The average Bonchev–Trinajstić information content (AvgIpc) is 3.19. The summed E-state index contributed by atoms with van der Waals surface area (Å²) >= 11 is 0. The summed E-state index contributed by atoms with van der Waals surface area (Å²) in [7, 11) is 0. The summed E-state index contributed by atoms with van der Waals surface area (Å²) in [6.45, 7) is 6.41. The Bertz CT molecular complexity index is 1040. The zero-order chi connectivity index (χ0) is 40.8. The van der Waals surface area contributed by atoms with Crippen molar-refractivity contribution in [1.82, 2.24) is 0 Å². The van der Waals surface area contributed by atoms with E-state index in [9.17, 15) is 14.4 Å². The lowest BCUT2D eigenvalue weighted by atomic mass is 10.1. The van der Waals surface area contributed by atoms with E-state index in [4.69, 9.17) is 14.2 Å². The van der Waals surface area contributed by atoms with Crippen LogP contribution in [-0.4, -0.2) is 37.2 Å². The Kier molecular flexibility index (Phi) is 42.5. The molecule has 6 heteroatoms. The second-order valence-electron chi connectivity index (χ2n) is 15.3. The maximum Gasteiger partial charge on any atom is 0.306 e. The lowest BCUT2D eigenvalue weighted by Crippen LogP contribution is -2.30. The van der Waals surface area contributed by atoms with Crippen LogP contribution in [-0.2, 0) is 28.6 Å². The summed E-state index contributed by atoms with van der Waals surface area (Å²) in [5.74, 6) is -0.919. The third-order valence-electron chi connectivity index (χ3n) is 9.76. The van der Waals surface area contributed by atoms with E-state index in [0.717, 1.165) is 109 Å². The molecule has 0 saturated carbocycles. The van der Waals surface area contributed by atoms with Crippen molar-refractivity contribution >= 4 is 17.9 Å². The van der Waals surface area contributed by atoms with Crippen LogP contribution in [0, 0.1) is 0 Å². The van der Waals surface area contributed by atoms with Crippen LogP contribution in [0.4, 0.5) is 0 Å². The van der Waals surface area contributed by atoms with Gasteiger partial charge in [-0.05, 0) is 83.5 Å². The normalized spacial score (nSPS) is 12.6. The predicted molar refractivity (Wildman–Crippen MR) is 238 cm³/mol. The highest BCUT2D eigenvalue weighted by atomic mass is 16.6. The first-order chi connectivity index (χ1) is 27.5. The maximum absolute atomic E-state index is 12.7. The summed E-state index contributed by atoms with van der Waals surface area (Å²) in [6.07, 6.45) is 53.6. The molecule has 0 amide bonds. The number of rotatable bonds is 41. The summed E-state index contributed by atoms with van der Waals surface area (Å²) in [4.78, 5) is 37.6. The molecule has 0 saturated heterocycles. The van der Waals surface area contributed by atoms with Crippen LogP contribution >= 0.6 is 0 Å². The SMILES string of the molecule is CC/C=C\C/C=C\C/C=C\CCCCCCCCCC(=O)OCC(COC(=O)CCCCCCCC)OC(=O)CCCCCCC/C=C\C/C=C\CCCCC. The lowest BCUT2D eigenvalue weighted by Gasteiger charge is -2.18. The number of hydrogen-bond acceptors (Lipinski definition) is 6. The minimum atomic E-state index is -0.780. The Balaban J connectivity index is 4.30. The minimum Gasteiger partial charge on any atom is -0.462 e. The molecule has 0 N–H and O–H groups in total. The minimum absolute atomic E-state index is 0.0837. The van der Waals surface area contributed by atoms with Gasteiger partial charge in [-0.15, -0.1) is 0 Å². The molecule has 0 rings (SSSR count). The van der Waals surface area contributed by atoms with Gasteiger partial charge in [0.25, 0.3) is 0 Å². The van der Waals surface area contributed by atoms with Crippen molar-refractivity contribution in [2.75, 3.05) is 13.2 Å². The Morgan fingerprint density at radius 3 is 1.12 bits per heavy atom. The van der Waals surface area contributed by atoms with Crippen molar-refractivity contribution in [3.05, 3.63) is 60.8 Å². The molecular formula is C50H86O6. The molecule has 1 atom stereocenters. The molecule has 0 aliphatic carbocycles. The Hall–Kier alpha value is -2.89. The molecular weight excluding hydrogens is 697 g/mol. The number of ether oxygens (including phenoxy) is 3. The molecule has 56 heavy (non-hydrogen) atoms. The van der Waals surface area contributed by atoms with Crippen LogP contribution < -0.4 is 0 Å². The van der Waals surface area contributed by atoms with Crippen LogP contribution in [0.3, 0.4) is 0 Å². The summed E-state index contributed by atoms with van der Waals surface area (Å²) in [5.41, 5.74) is 0. The topological polar surface area (TPSA) is 78.9 Å². The first-order valence-corrected chi connectivity index (χ1v) is 23.3. The van der Waals surface area contributed by atoms with Gasteiger partial charge in [0, 0.05) is 19.3 Å². The molecule has 0 spiro atoms. The van der Waals surface area contributed by atoms with Gasteiger partial charge in [0.15, 0.2) is 6.10 Å². The van der Waals surface area contributed by atoms with Crippen molar-refractivity contribution in [2.45, 2.75) is 226 Å². The van der Waals surface area contributed by atoms with Gasteiger partial charge in [0.05, 0.1) is 0 Å². The number of esters is 3. The number of unbranched alkanes of at least 4 members (excludes halogenated alkanes) is 20. The fraction of sp³-hybridized carbons (Fsp3) is 0.740. The van der Waals surface area contributed by atoms with Gasteiger partial charge in [-0.3, -0.25) is 14.4 Å². The number of carbonyl (C=O) groups excluding carboxylic acids is 3. The van der Waals surface area contributed by atoms with Gasteiger partial charge < -0.3 is 14.2 Å². The second kappa shape index (κ2) is 44.8. The number of hydrogen-bond donors (Lipinski definition) is 0. The van der Waals surface area contributed by atoms with Gasteiger partial charge in [-0.25, -0.2) is 0 Å². The van der Waals surface area contributed by atoms with Gasteiger partial charge in [-0.2, -0.15) is 0 Å². The van der Waals surface area contributed by atoms with Crippen LogP contribution in [0.5, 0.6) is 0 Å². The van der Waals surface area contributed by atoms with E-state index in [2.05, 4.69) is 81.5 Å². The van der Waals surface area contributed by atoms with Gasteiger partial charge in [0.2, 0.25) is 0 Å². The smallest absolute Gasteiger partial charge is 0.306 e. The van der Waals surface area contributed by atoms with E-state index in [1.807, 2.05) is 0 Å². The monoisotopic (exact) mass is 783 g/mol. The van der Waals surface area contributed by atoms with Crippen molar-refractivity contribution in [2.24, 2.45) is 0 Å². The van der Waals surface area contributed by atoms with E-state index in [1.165, 1.54) is 70.6 Å². The molecule has 1 unspecified atom stereocenters. The lowest BCUT2D eigenvalue weighted by molar-refractivity contribution is -0.167. The summed E-state index contributed by atoms with van der Waals surface area (Å²) in [5, 5.41) is 0. The second-order valence-corrected chi connectivity index (χ2v) is 15.3. The standard InChI is InChI=1S/C50H86O6/c1-4-7-10-13-16-18-20-22-24-25-27-28-30-32-34-37-40-43-49(52)55-46-47(45-54-48(51)42-39-36-15-12-9-6-3)56-50(53)44-41-38-35-33-31-29-26-23-21-19-17-14-11-8-5-2/h7,10,16-19,22-24,26,47H,4-6,8-9,11-15,20-21,25,27-46H2,1-3H3/b10-7-,18-16-,19-17-,24-22-,26-23-. The summed E-state index contributed by atoms with van der Waals surface area (Å²) in [6, 6.07) is 0. The van der Waals surface area contributed by atoms with Gasteiger partial charge in [0.1, 0.15) is 13.2 Å². The van der Waals surface area contributed by atoms with Crippen molar-refractivity contribution in [1.29, 1.82) is 0 Å². The van der Waals surface area contributed by atoms with E-state index in [-0.39, 0.29) is 31.1 Å². The zero-order valence-corrected chi connectivity index (χ0v) is 36.6. The number of carbonyl (C=O) groups is 3. The molecule has 0 aromatic carbocycles. The molecule has 0 aliphatic heterocycles. The largest absolute Gasteiger partial charge is 0.462 e. The molecule has 322 valence electrons. The molecule has 0 bridgehead atoms. The van der Waals surface area contributed by atoms with Crippen LogP contribution in [0.25, 0.3) is 0 Å². The Labute approximate surface area is 345 Å². The highest BCUT2D eigenvalue weighted by Crippen LogP contribution is 2.13. The highest BCUT2D eigenvalue weighted by molar-refractivity contribution is 5.71. The van der Waals surface area contributed by atoms with E-state index in [0.29, 0.717) is 19.3 Å². The molecule has 0 aliphatic rings. The first kappa shape index (κ1) is 53.1. The fourth-order valence-electron chi connectivity index (χ4n) is 6.25. The molecule has 0 radical (unpaired) electrons. The van der Waals surface area contributed by atoms with E-state index >= 15 is 0 Å². The first-order valence-electron chi connectivity index (χ1n) is 23.3. The van der Waals surface area contributed by atoms with Crippen molar-refractivity contribution in [3.8, 4) is 0 Å². The number of allylic oxidation sites excluding steroid dienone is 10. The van der Waals surface area contributed by atoms with E-state index in [1.54, 1.807) is 0 Å². The Morgan fingerprint density at radius 2 is 0.696 bits per heavy atom. The molecule has 6 nitrogen and oxygen atoms in total. The quantitative estimate of drug-likeness (QED) is 0.0266. The van der Waals surface area contributed by atoms with Gasteiger partial charge >= 0.3 is 17.9 Å².